The minimum atomic E-state index is -1.30. The number of carbonyl (C=O) groups excluding carboxylic acids is 1. The lowest BCUT2D eigenvalue weighted by molar-refractivity contribution is -0.136. The fourth-order valence-corrected chi connectivity index (χ4v) is 1.79. The van der Waals surface area contributed by atoms with Crippen LogP contribution in [-0.2, 0) is 15.1 Å². The van der Waals surface area contributed by atoms with Crippen LogP contribution in [-0.4, -0.2) is 24.1 Å². The summed E-state index contributed by atoms with van der Waals surface area (Å²) >= 11 is 5.79. The SMILES string of the molecule is C=C(CC(O)(CCl)c1ccccc1)C(=O)OC. The van der Waals surface area contributed by atoms with Crippen molar-refractivity contribution < 1.29 is 14.6 Å². The molecule has 1 atom stereocenters. The van der Waals surface area contributed by atoms with E-state index >= 15 is 0 Å². The van der Waals surface area contributed by atoms with Gasteiger partial charge in [0.2, 0.25) is 0 Å². The summed E-state index contributed by atoms with van der Waals surface area (Å²) in [7, 11) is 1.27. The number of halogens is 1. The third-order valence-corrected chi connectivity index (χ3v) is 2.95. The third-order valence-electron chi connectivity index (χ3n) is 2.51. The van der Waals surface area contributed by atoms with E-state index in [2.05, 4.69) is 11.3 Å². The Labute approximate surface area is 106 Å². The van der Waals surface area contributed by atoms with Crippen molar-refractivity contribution in [3.63, 3.8) is 0 Å². The molecule has 0 bridgehead atoms. The van der Waals surface area contributed by atoms with E-state index in [1.54, 1.807) is 24.3 Å². The molecular formula is C13H15ClO3. The molecule has 0 heterocycles. The van der Waals surface area contributed by atoms with E-state index in [0.29, 0.717) is 5.56 Å². The summed E-state index contributed by atoms with van der Waals surface area (Å²) in [5.74, 6) is -0.558. The van der Waals surface area contributed by atoms with Gasteiger partial charge in [0.15, 0.2) is 0 Å². The molecule has 1 rings (SSSR count). The average molecular weight is 255 g/mol. The van der Waals surface area contributed by atoms with Gasteiger partial charge in [0, 0.05) is 12.0 Å². The van der Waals surface area contributed by atoms with Crippen molar-refractivity contribution in [2.75, 3.05) is 13.0 Å². The Morgan fingerprint density at radius 1 is 1.47 bits per heavy atom. The number of aliphatic hydroxyl groups is 1. The molecule has 0 saturated carbocycles. The molecule has 0 radical (unpaired) electrons. The van der Waals surface area contributed by atoms with Crippen molar-refractivity contribution in [3.8, 4) is 0 Å². The minimum absolute atomic E-state index is 0.0208. The Kier molecular flexibility index (Phi) is 4.73. The number of carbonyl (C=O) groups is 1. The van der Waals surface area contributed by atoms with Gasteiger partial charge in [0.1, 0.15) is 5.60 Å². The highest BCUT2D eigenvalue weighted by atomic mass is 35.5. The number of hydrogen-bond donors (Lipinski definition) is 1. The van der Waals surface area contributed by atoms with Crippen LogP contribution in [0.4, 0.5) is 0 Å². The molecule has 0 aliphatic heterocycles. The third kappa shape index (κ3) is 3.32. The van der Waals surface area contributed by atoms with Gasteiger partial charge in [0.05, 0.1) is 13.0 Å². The van der Waals surface area contributed by atoms with Gasteiger partial charge in [-0.15, -0.1) is 11.6 Å². The van der Waals surface area contributed by atoms with Gasteiger partial charge >= 0.3 is 5.97 Å². The lowest BCUT2D eigenvalue weighted by atomic mass is 9.89. The van der Waals surface area contributed by atoms with Crippen LogP contribution in [0.1, 0.15) is 12.0 Å². The minimum Gasteiger partial charge on any atom is -0.466 e. The van der Waals surface area contributed by atoms with Crippen LogP contribution >= 0.6 is 11.6 Å². The molecule has 0 aromatic heterocycles. The Bertz CT molecular complexity index is 402. The zero-order valence-corrected chi connectivity index (χ0v) is 10.4. The lowest BCUT2D eigenvalue weighted by Gasteiger charge is -2.26. The van der Waals surface area contributed by atoms with Crippen LogP contribution in [0.5, 0.6) is 0 Å². The molecule has 0 fully saturated rings. The predicted octanol–water partition coefficient (Wildman–Crippen LogP) is 2.23. The summed E-state index contributed by atoms with van der Waals surface area (Å²) in [5, 5.41) is 10.4. The first-order valence-electron chi connectivity index (χ1n) is 5.13. The van der Waals surface area contributed by atoms with Crippen LogP contribution in [0, 0.1) is 0 Å². The van der Waals surface area contributed by atoms with E-state index in [1.807, 2.05) is 6.07 Å². The van der Waals surface area contributed by atoms with Gasteiger partial charge < -0.3 is 9.84 Å². The zero-order chi connectivity index (χ0) is 12.9. The molecule has 1 aromatic rings. The second-order valence-electron chi connectivity index (χ2n) is 3.80. The van der Waals surface area contributed by atoms with E-state index in [0.717, 1.165) is 0 Å². The summed E-state index contributed by atoms with van der Waals surface area (Å²) < 4.78 is 4.55. The highest BCUT2D eigenvalue weighted by molar-refractivity contribution is 6.18. The van der Waals surface area contributed by atoms with E-state index in [1.165, 1.54) is 7.11 Å². The van der Waals surface area contributed by atoms with Crippen molar-refractivity contribution in [2.24, 2.45) is 0 Å². The number of hydrogen-bond acceptors (Lipinski definition) is 3. The van der Waals surface area contributed by atoms with Crippen molar-refractivity contribution in [2.45, 2.75) is 12.0 Å². The van der Waals surface area contributed by atoms with Gasteiger partial charge in [-0.2, -0.15) is 0 Å². The first-order valence-corrected chi connectivity index (χ1v) is 5.67. The quantitative estimate of drug-likeness (QED) is 0.498. The van der Waals surface area contributed by atoms with Crippen molar-refractivity contribution in [3.05, 3.63) is 48.0 Å². The standard InChI is InChI=1S/C13H15ClO3/c1-10(12(15)17-2)8-13(16,9-14)11-6-4-3-5-7-11/h3-7,16H,1,8-9H2,2H3. The number of alkyl halides is 1. The Morgan fingerprint density at radius 2 is 2.06 bits per heavy atom. The summed E-state index contributed by atoms with van der Waals surface area (Å²) in [5.41, 5.74) is -0.451. The highest BCUT2D eigenvalue weighted by Crippen LogP contribution is 2.29. The van der Waals surface area contributed by atoms with Crippen LogP contribution in [0.25, 0.3) is 0 Å². The Balaban J connectivity index is 2.91. The molecule has 1 aromatic carbocycles. The molecule has 1 N–H and O–H groups in total. The number of benzene rings is 1. The molecule has 4 heteroatoms. The Morgan fingerprint density at radius 3 is 2.53 bits per heavy atom. The smallest absolute Gasteiger partial charge is 0.333 e. The van der Waals surface area contributed by atoms with Crippen LogP contribution in [0.3, 0.4) is 0 Å². The van der Waals surface area contributed by atoms with Crippen LogP contribution in [0.2, 0.25) is 0 Å². The molecule has 0 saturated heterocycles. The van der Waals surface area contributed by atoms with Crippen LogP contribution < -0.4 is 0 Å². The van der Waals surface area contributed by atoms with Crippen LogP contribution in [0.15, 0.2) is 42.5 Å². The maximum atomic E-state index is 11.3. The second kappa shape index (κ2) is 5.84. The van der Waals surface area contributed by atoms with Gasteiger partial charge in [-0.1, -0.05) is 36.9 Å². The normalized spacial score (nSPS) is 13.8. The zero-order valence-electron chi connectivity index (χ0n) is 9.65. The molecule has 3 nitrogen and oxygen atoms in total. The first kappa shape index (κ1) is 13.7. The number of rotatable bonds is 5. The molecule has 0 amide bonds. The summed E-state index contributed by atoms with van der Waals surface area (Å²) in [6.07, 6.45) is 0.0488. The van der Waals surface area contributed by atoms with Gasteiger partial charge in [-0.25, -0.2) is 4.79 Å². The molecular weight excluding hydrogens is 240 g/mol. The largest absolute Gasteiger partial charge is 0.466 e. The topological polar surface area (TPSA) is 46.5 Å². The van der Waals surface area contributed by atoms with E-state index in [-0.39, 0.29) is 17.9 Å². The van der Waals surface area contributed by atoms with Gasteiger partial charge in [-0.3, -0.25) is 0 Å². The predicted molar refractivity (Wildman–Crippen MR) is 66.8 cm³/mol. The fourth-order valence-electron chi connectivity index (χ4n) is 1.54. The summed E-state index contributed by atoms with van der Waals surface area (Å²) in [6, 6.07) is 8.95. The van der Waals surface area contributed by atoms with Crippen molar-refractivity contribution in [1.82, 2.24) is 0 Å². The lowest BCUT2D eigenvalue weighted by Crippen LogP contribution is -2.29. The second-order valence-corrected chi connectivity index (χ2v) is 4.07. The summed E-state index contributed by atoms with van der Waals surface area (Å²) in [4.78, 5) is 11.3. The van der Waals surface area contributed by atoms with E-state index in [4.69, 9.17) is 11.6 Å². The maximum absolute atomic E-state index is 11.3. The maximum Gasteiger partial charge on any atom is 0.333 e. The molecule has 17 heavy (non-hydrogen) atoms. The molecule has 0 aliphatic rings. The fraction of sp³-hybridized carbons (Fsp3) is 0.308. The van der Waals surface area contributed by atoms with E-state index in [9.17, 15) is 9.90 Å². The number of esters is 1. The molecule has 1 unspecified atom stereocenters. The average Bonchev–Trinajstić information content (AvgIpc) is 2.38. The molecule has 92 valence electrons. The van der Waals surface area contributed by atoms with Crippen molar-refractivity contribution >= 4 is 17.6 Å². The van der Waals surface area contributed by atoms with E-state index < -0.39 is 11.6 Å². The van der Waals surface area contributed by atoms with Crippen molar-refractivity contribution in [1.29, 1.82) is 0 Å². The molecule has 0 aliphatic carbocycles. The number of ether oxygens (including phenoxy) is 1. The van der Waals surface area contributed by atoms with Gasteiger partial charge in [0.25, 0.3) is 0 Å². The monoisotopic (exact) mass is 254 g/mol. The number of methoxy groups -OCH3 is 1. The molecule has 0 spiro atoms. The highest BCUT2D eigenvalue weighted by Gasteiger charge is 2.30. The van der Waals surface area contributed by atoms with Gasteiger partial charge in [-0.05, 0) is 5.56 Å². The Hall–Kier alpha value is -1.32. The first-order chi connectivity index (χ1) is 8.03. The summed E-state index contributed by atoms with van der Waals surface area (Å²) in [6.45, 7) is 3.59.